The van der Waals surface area contributed by atoms with E-state index in [0.29, 0.717) is 0 Å². The number of rotatable bonds is 7. The molecule has 0 aliphatic carbocycles. The number of aromatic nitrogens is 2. The van der Waals surface area contributed by atoms with Crippen molar-refractivity contribution in [1.29, 1.82) is 0 Å². The highest BCUT2D eigenvalue weighted by Crippen LogP contribution is 2.11. The Kier molecular flexibility index (Phi) is 5.64. The van der Waals surface area contributed by atoms with Gasteiger partial charge in [-0.2, -0.15) is 0 Å². The maximum atomic E-state index is 11.1. The van der Waals surface area contributed by atoms with Crippen molar-refractivity contribution in [1.82, 2.24) is 15.3 Å². The molecule has 0 aliphatic heterocycles. The van der Waals surface area contributed by atoms with Crippen LogP contribution in [-0.2, 0) is 28.9 Å². The lowest BCUT2D eigenvalue weighted by Gasteiger charge is -2.02. The predicted octanol–water partition coefficient (Wildman–Crippen LogP) is 1.59. The summed E-state index contributed by atoms with van der Waals surface area (Å²) in [6.45, 7) is 1.65. The molecule has 5 nitrogen and oxygen atoms in total. The van der Waals surface area contributed by atoms with Crippen LogP contribution in [0.5, 0.6) is 0 Å². The van der Waals surface area contributed by atoms with Crippen molar-refractivity contribution < 1.29 is 9.53 Å². The van der Waals surface area contributed by atoms with Crippen molar-refractivity contribution in [2.24, 2.45) is 0 Å². The fraction of sp³-hybridized carbons (Fsp3) is 0.357. The van der Waals surface area contributed by atoms with Gasteiger partial charge in [-0.25, -0.2) is 4.98 Å². The number of nitrogens with one attached hydrogen (secondary N) is 1. The Morgan fingerprint density at radius 1 is 1.50 bits per heavy atom. The Bertz CT molecular complexity index is 542. The molecule has 20 heavy (non-hydrogen) atoms. The van der Waals surface area contributed by atoms with Crippen LogP contribution >= 0.6 is 11.3 Å². The zero-order chi connectivity index (χ0) is 14.2. The van der Waals surface area contributed by atoms with Gasteiger partial charge in [0.2, 0.25) is 0 Å². The highest BCUT2D eigenvalue weighted by Gasteiger charge is 2.07. The number of nitrogens with zero attached hydrogens (tertiary/aromatic N) is 2. The van der Waals surface area contributed by atoms with Gasteiger partial charge >= 0.3 is 5.97 Å². The van der Waals surface area contributed by atoms with Crippen molar-refractivity contribution in [3.63, 3.8) is 0 Å². The third-order valence-corrected chi connectivity index (χ3v) is 3.68. The molecule has 2 aromatic rings. The summed E-state index contributed by atoms with van der Waals surface area (Å²) in [6, 6.07) is 3.97. The number of esters is 1. The lowest BCUT2D eigenvalue weighted by Crippen LogP contribution is -2.16. The largest absolute Gasteiger partial charge is 0.469 e. The zero-order valence-corrected chi connectivity index (χ0v) is 12.2. The van der Waals surface area contributed by atoms with Crippen molar-refractivity contribution in [3.05, 3.63) is 46.2 Å². The van der Waals surface area contributed by atoms with Gasteiger partial charge in [-0.1, -0.05) is 6.07 Å². The number of thiazole rings is 1. The Hall–Kier alpha value is -1.79. The highest BCUT2D eigenvalue weighted by atomic mass is 32.1. The van der Waals surface area contributed by atoms with E-state index in [2.05, 4.69) is 20.0 Å². The Labute approximate surface area is 122 Å². The molecule has 0 spiro atoms. The van der Waals surface area contributed by atoms with Crippen LogP contribution in [0.15, 0.2) is 29.9 Å². The average Bonchev–Trinajstić information content (AvgIpc) is 2.92. The molecule has 0 radical (unpaired) electrons. The molecule has 2 heterocycles. The first-order valence-corrected chi connectivity index (χ1v) is 7.25. The third kappa shape index (κ3) is 4.71. The Morgan fingerprint density at radius 3 is 3.15 bits per heavy atom. The first-order valence-electron chi connectivity index (χ1n) is 6.37. The molecule has 1 N–H and O–H groups in total. The minimum Gasteiger partial charge on any atom is -0.469 e. The molecule has 0 unspecified atom stereocenters. The summed E-state index contributed by atoms with van der Waals surface area (Å²) in [7, 11) is 1.39. The first-order chi connectivity index (χ1) is 9.78. The fourth-order valence-electron chi connectivity index (χ4n) is 1.70. The number of ether oxygens (including phenoxy) is 1. The van der Waals surface area contributed by atoms with Gasteiger partial charge in [0, 0.05) is 37.3 Å². The molecule has 0 atom stereocenters. The summed E-state index contributed by atoms with van der Waals surface area (Å²) in [6.07, 6.45) is 4.72. The van der Waals surface area contributed by atoms with Crippen molar-refractivity contribution in [2.75, 3.05) is 13.7 Å². The summed E-state index contributed by atoms with van der Waals surface area (Å²) in [5.74, 6) is -0.253. The number of carbonyl (C=O) groups excluding carboxylic acids is 1. The molecule has 2 aromatic heterocycles. The van der Waals surface area contributed by atoms with Crippen molar-refractivity contribution in [3.8, 4) is 0 Å². The van der Waals surface area contributed by atoms with Crippen LogP contribution in [0.4, 0.5) is 0 Å². The molecular formula is C14H17N3O2S. The minimum atomic E-state index is -0.253. The Balaban J connectivity index is 1.70. The van der Waals surface area contributed by atoms with E-state index in [1.54, 1.807) is 17.5 Å². The van der Waals surface area contributed by atoms with E-state index >= 15 is 0 Å². The molecule has 0 fully saturated rings. The quantitative estimate of drug-likeness (QED) is 0.620. The van der Waals surface area contributed by atoms with Crippen LogP contribution in [0, 0.1) is 0 Å². The summed E-state index contributed by atoms with van der Waals surface area (Å²) in [4.78, 5) is 19.6. The van der Waals surface area contributed by atoms with Gasteiger partial charge in [0.25, 0.3) is 0 Å². The van der Waals surface area contributed by atoms with E-state index in [1.165, 1.54) is 7.11 Å². The maximum absolute atomic E-state index is 11.1. The van der Waals surface area contributed by atoms with E-state index in [-0.39, 0.29) is 12.4 Å². The first kappa shape index (κ1) is 14.6. The number of hydrogen-bond donors (Lipinski definition) is 1. The van der Waals surface area contributed by atoms with E-state index in [0.717, 1.165) is 35.8 Å². The second kappa shape index (κ2) is 7.72. The van der Waals surface area contributed by atoms with Gasteiger partial charge in [0.1, 0.15) is 0 Å². The summed E-state index contributed by atoms with van der Waals surface area (Å²) < 4.78 is 4.62. The molecular weight excluding hydrogens is 274 g/mol. The second-order valence-electron chi connectivity index (χ2n) is 4.27. The number of hydrogen-bond acceptors (Lipinski definition) is 6. The predicted molar refractivity (Wildman–Crippen MR) is 77.5 cm³/mol. The topological polar surface area (TPSA) is 64.1 Å². The van der Waals surface area contributed by atoms with Gasteiger partial charge < -0.3 is 10.1 Å². The molecule has 2 rings (SSSR count). The van der Waals surface area contributed by atoms with E-state index in [4.69, 9.17) is 0 Å². The maximum Gasteiger partial charge on any atom is 0.311 e. The molecule has 6 heteroatoms. The SMILES string of the molecule is COC(=O)Cc1csc(CCNCc2cccnc2)n1. The third-order valence-electron chi connectivity index (χ3n) is 2.72. The van der Waals surface area contributed by atoms with E-state index < -0.39 is 0 Å². The number of carbonyl (C=O) groups is 1. The summed E-state index contributed by atoms with van der Waals surface area (Å²) in [5.41, 5.74) is 1.95. The lowest BCUT2D eigenvalue weighted by atomic mass is 10.3. The summed E-state index contributed by atoms with van der Waals surface area (Å²) >= 11 is 1.58. The van der Waals surface area contributed by atoms with Gasteiger partial charge in [-0.05, 0) is 11.6 Å². The van der Waals surface area contributed by atoms with Crippen LogP contribution in [0.25, 0.3) is 0 Å². The van der Waals surface area contributed by atoms with E-state index in [9.17, 15) is 4.79 Å². The van der Waals surface area contributed by atoms with Gasteiger partial charge in [0.05, 0.1) is 24.2 Å². The molecule has 0 bridgehead atoms. The van der Waals surface area contributed by atoms with E-state index in [1.807, 2.05) is 23.7 Å². The molecule has 106 valence electrons. The van der Waals surface area contributed by atoms with Crippen LogP contribution < -0.4 is 5.32 Å². The molecule has 0 aliphatic rings. The number of methoxy groups -OCH3 is 1. The highest BCUT2D eigenvalue weighted by molar-refractivity contribution is 7.09. The van der Waals surface area contributed by atoms with Crippen LogP contribution in [0.3, 0.4) is 0 Å². The average molecular weight is 291 g/mol. The summed E-state index contributed by atoms with van der Waals surface area (Å²) in [5, 5.41) is 6.29. The van der Waals surface area contributed by atoms with Crippen LogP contribution in [-0.4, -0.2) is 29.6 Å². The van der Waals surface area contributed by atoms with Gasteiger partial charge in [0.15, 0.2) is 0 Å². The second-order valence-corrected chi connectivity index (χ2v) is 5.22. The van der Waals surface area contributed by atoms with Crippen molar-refractivity contribution >= 4 is 17.3 Å². The van der Waals surface area contributed by atoms with Crippen LogP contribution in [0.2, 0.25) is 0 Å². The monoisotopic (exact) mass is 291 g/mol. The van der Waals surface area contributed by atoms with Crippen molar-refractivity contribution in [2.45, 2.75) is 19.4 Å². The lowest BCUT2D eigenvalue weighted by molar-refractivity contribution is -0.139. The standard InChI is InChI=1S/C14H17N3O2S/c1-19-14(18)7-12-10-20-13(17-12)4-6-16-9-11-3-2-5-15-8-11/h2-3,5,8,10,16H,4,6-7,9H2,1H3. The molecule has 0 saturated carbocycles. The van der Waals surface area contributed by atoms with Gasteiger partial charge in [-0.3, -0.25) is 9.78 Å². The minimum absolute atomic E-state index is 0.246. The smallest absolute Gasteiger partial charge is 0.311 e. The molecule has 0 saturated heterocycles. The van der Waals surface area contributed by atoms with Crippen LogP contribution in [0.1, 0.15) is 16.3 Å². The Morgan fingerprint density at radius 2 is 2.40 bits per heavy atom. The number of pyridine rings is 1. The normalized spacial score (nSPS) is 10.4. The fourth-order valence-corrected chi connectivity index (χ4v) is 2.49. The van der Waals surface area contributed by atoms with Gasteiger partial charge in [-0.15, -0.1) is 11.3 Å². The zero-order valence-electron chi connectivity index (χ0n) is 11.3. The molecule has 0 aromatic carbocycles. The molecule has 0 amide bonds.